The molecule has 0 aliphatic heterocycles. The van der Waals surface area contributed by atoms with Gasteiger partial charge in [0.05, 0.1) is 24.2 Å². The summed E-state index contributed by atoms with van der Waals surface area (Å²) in [4.78, 5) is 45.1. The quantitative estimate of drug-likeness (QED) is 0.374. The normalized spacial score (nSPS) is 11.2. The maximum atomic E-state index is 13.3. The number of benzene rings is 2. The van der Waals surface area contributed by atoms with Crippen molar-refractivity contribution in [2.75, 3.05) is 0 Å². The highest BCUT2D eigenvalue weighted by atomic mass is 16.5. The largest absolute Gasteiger partial charge is 0.372 e. The Morgan fingerprint density at radius 3 is 2.42 bits per heavy atom. The van der Waals surface area contributed by atoms with E-state index < -0.39 is 17.2 Å². The lowest BCUT2D eigenvalue weighted by Crippen LogP contribution is -2.33. The fraction of sp³-hybridized carbons (Fsp3) is 0.286. The molecule has 8 nitrogen and oxygen atoms in total. The third kappa shape index (κ3) is 5.60. The van der Waals surface area contributed by atoms with Crippen molar-refractivity contribution in [2.45, 2.75) is 53.0 Å². The number of nitrogens with one attached hydrogen (secondary N) is 2. The van der Waals surface area contributed by atoms with Gasteiger partial charge in [-0.1, -0.05) is 68.4 Å². The third-order valence-electron chi connectivity index (χ3n) is 5.95. The molecule has 2 aromatic carbocycles. The number of aryl methyl sites for hydroxylation is 1. The van der Waals surface area contributed by atoms with Gasteiger partial charge in [0.15, 0.2) is 5.65 Å². The topological polar surface area (TPSA) is 106 Å². The summed E-state index contributed by atoms with van der Waals surface area (Å²) in [5, 5.41) is 3.03. The van der Waals surface area contributed by atoms with E-state index in [0.29, 0.717) is 25.5 Å². The molecule has 0 atom stereocenters. The molecule has 0 radical (unpaired) electrons. The molecule has 0 saturated carbocycles. The second-order valence-electron chi connectivity index (χ2n) is 8.93. The zero-order valence-corrected chi connectivity index (χ0v) is 20.7. The van der Waals surface area contributed by atoms with Crippen LogP contribution in [0.5, 0.6) is 0 Å². The van der Waals surface area contributed by atoms with Gasteiger partial charge in [0.25, 0.3) is 11.5 Å². The summed E-state index contributed by atoms with van der Waals surface area (Å²) in [6.07, 6.45) is 0. The first kappa shape index (κ1) is 25.1. The van der Waals surface area contributed by atoms with Crippen LogP contribution in [0.1, 0.15) is 59.4 Å². The first-order valence-electron chi connectivity index (χ1n) is 12.0. The van der Waals surface area contributed by atoms with Gasteiger partial charge in [-0.3, -0.25) is 19.1 Å². The zero-order valence-electron chi connectivity index (χ0n) is 20.7. The molecule has 0 aliphatic carbocycles. The average molecular weight is 487 g/mol. The van der Waals surface area contributed by atoms with Crippen LogP contribution in [0.3, 0.4) is 0 Å². The average Bonchev–Trinajstić information content (AvgIpc) is 2.87. The summed E-state index contributed by atoms with van der Waals surface area (Å²) < 4.78 is 7.20. The molecule has 1 amide bonds. The fourth-order valence-corrected chi connectivity index (χ4v) is 4.03. The van der Waals surface area contributed by atoms with Gasteiger partial charge >= 0.3 is 5.69 Å². The predicted molar refractivity (Wildman–Crippen MR) is 139 cm³/mol. The Kier molecular flexibility index (Phi) is 7.75. The van der Waals surface area contributed by atoms with Crippen LogP contribution >= 0.6 is 0 Å². The highest BCUT2D eigenvalue weighted by molar-refractivity contribution is 6.05. The Bertz CT molecular complexity index is 1490. The van der Waals surface area contributed by atoms with Crippen LogP contribution < -0.4 is 16.6 Å². The second kappa shape index (κ2) is 11.1. The molecule has 2 N–H and O–H groups in total. The lowest BCUT2D eigenvalue weighted by Gasteiger charge is -2.14. The third-order valence-corrected chi connectivity index (χ3v) is 5.95. The molecule has 2 heterocycles. The van der Waals surface area contributed by atoms with Gasteiger partial charge in [-0.15, -0.1) is 0 Å². The molecule has 4 aromatic rings. The Hall–Kier alpha value is -4.04. The molecule has 8 heteroatoms. The molecule has 0 fully saturated rings. The minimum atomic E-state index is -0.620. The summed E-state index contributed by atoms with van der Waals surface area (Å²) in [5.41, 5.74) is 2.91. The molecule has 0 bridgehead atoms. The maximum absolute atomic E-state index is 13.3. The highest BCUT2D eigenvalue weighted by Crippen LogP contribution is 2.20. The Labute approximate surface area is 209 Å². The summed E-state index contributed by atoms with van der Waals surface area (Å²) in [6, 6.07) is 19.4. The van der Waals surface area contributed by atoms with E-state index >= 15 is 0 Å². The van der Waals surface area contributed by atoms with E-state index in [1.54, 1.807) is 13.0 Å². The summed E-state index contributed by atoms with van der Waals surface area (Å²) in [6.45, 7) is 7.25. The Morgan fingerprint density at radius 1 is 1.00 bits per heavy atom. The van der Waals surface area contributed by atoms with E-state index in [1.165, 1.54) is 4.57 Å². The lowest BCUT2D eigenvalue weighted by atomic mass is 10.0. The van der Waals surface area contributed by atoms with Crippen LogP contribution in [0.15, 0.2) is 70.3 Å². The number of carbonyl (C=O) groups excluding carboxylic acids is 1. The van der Waals surface area contributed by atoms with E-state index in [1.807, 2.05) is 68.4 Å². The number of hydrogen-bond acceptors (Lipinski definition) is 5. The van der Waals surface area contributed by atoms with Crippen molar-refractivity contribution in [1.29, 1.82) is 0 Å². The van der Waals surface area contributed by atoms with Crippen molar-refractivity contribution in [2.24, 2.45) is 0 Å². The van der Waals surface area contributed by atoms with E-state index in [-0.39, 0.29) is 29.1 Å². The molecule has 0 aliphatic rings. The number of rotatable bonds is 9. The number of pyridine rings is 1. The van der Waals surface area contributed by atoms with Crippen LogP contribution in [-0.4, -0.2) is 20.4 Å². The van der Waals surface area contributed by atoms with Gasteiger partial charge in [-0.2, -0.15) is 0 Å². The maximum Gasteiger partial charge on any atom is 0.329 e. The fourth-order valence-electron chi connectivity index (χ4n) is 4.03. The van der Waals surface area contributed by atoms with Crippen LogP contribution in [-0.2, 0) is 31.0 Å². The first-order chi connectivity index (χ1) is 17.4. The number of amides is 1. The van der Waals surface area contributed by atoms with E-state index in [2.05, 4.69) is 15.3 Å². The summed E-state index contributed by atoms with van der Waals surface area (Å²) in [7, 11) is 0. The predicted octanol–water partition coefficient (Wildman–Crippen LogP) is 3.87. The van der Waals surface area contributed by atoms with Gasteiger partial charge in [-0.25, -0.2) is 9.78 Å². The molecule has 0 spiro atoms. The number of aromatic amines is 1. The van der Waals surface area contributed by atoms with Crippen molar-refractivity contribution in [3.8, 4) is 0 Å². The van der Waals surface area contributed by atoms with Gasteiger partial charge in [0, 0.05) is 18.8 Å². The molecule has 36 heavy (non-hydrogen) atoms. The van der Waals surface area contributed by atoms with Crippen LogP contribution in [0.2, 0.25) is 0 Å². The van der Waals surface area contributed by atoms with E-state index in [0.717, 1.165) is 16.7 Å². The molecule has 2 aromatic heterocycles. The molecule has 0 unspecified atom stereocenters. The molecular formula is C28H30N4O4. The van der Waals surface area contributed by atoms with E-state index in [9.17, 15) is 14.4 Å². The molecular weight excluding hydrogens is 456 g/mol. The number of carbonyl (C=O) groups is 1. The van der Waals surface area contributed by atoms with Crippen LogP contribution in [0.25, 0.3) is 11.0 Å². The number of aromatic nitrogens is 3. The number of hydrogen-bond donors (Lipinski definition) is 2. The van der Waals surface area contributed by atoms with Crippen molar-refractivity contribution >= 4 is 16.9 Å². The molecule has 186 valence electrons. The molecule has 4 rings (SSSR count). The van der Waals surface area contributed by atoms with Gasteiger partial charge in [-0.05, 0) is 35.6 Å². The van der Waals surface area contributed by atoms with Gasteiger partial charge in [0.2, 0.25) is 0 Å². The number of fused-ring (bicyclic) bond motifs is 1. The van der Waals surface area contributed by atoms with Crippen molar-refractivity contribution in [3.63, 3.8) is 0 Å². The van der Waals surface area contributed by atoms with Gasteiger partial charge in [0.1, 0.15) is 0 Å². The SMILES string of the molecule is CCn1c(=O)[nH]c(=O)c2c(C(=O)NCc3cccc(COCc4ccccc4)c3)cc(C(C)C)nc21. The second-order valence-corrected chi connectivity index (χ2v) is 8.93. The van der Waals surface area contributed by atoms with Gasteiger partial charge < -0.3 is 10.1 Å². The number of H-pyrrole nitrogens is 1. The Balaban J connectivity index is 1.53. The summed E-state index contributed by atoms with van der Waals surface area (Å²) in [5.74, 6) is -0.393. The van der Waals surface area contributed by atoms with Crippen molar-refractivity contribution in [3.05, 3.63) is 109 Å². The van der Waals surface area contributed by atoms with Crippen molar-refractivity contribution < 1.29 is 9.53 Å². The molecule has 0 saturated heterocycles. The summed E-state index contributed by atoms with van der Waals surface area (Å²) >= 11 is 0. The van der Waals surface area contributed by atoms with Crippen LogP contribution in [0, 0.1) is 0 Å². The van der Waals surface area contributed by atoms with E-state index in [4.69, 9.17) is 4.74 Å². The van der Waals surface area contributed by atoms with Crippen LogP contribution in [0.4, 0.5) is 0 Å². The lowest BCUT2D eigenvalue weighted by molar-refractivity contribution is 0.0952. The highest BCUT2D eigenvalue weighted by Gasteiger charge is 2.20. The number of ether oxygens (including phenoxy) is 1. The van der Waals surface area contributed by atoms with Crippen molar-refractivity contribution in [1.82, 2.24) is 19.9 Å². The minimum Gasteiger partial charge on any atom is -0.372 e. The smallest absolute Gasteiger partial charge is 0.329 e. The minimum absolute atomic E-state index is 0.00761. The Morgan fingerprint density at radius 2 is 1.69 bits per heavy atom. The number of nitrogens with zero attached hydrogens (tertiary/aromatic N) is 2. The monoisotopic (exact) mass is 486 g/mol. The first-order valence-corrected chi connectivity index (χ1v) is 12.0. The standard InChI is InChI=1S/C28H30N4O4/c1-4-32-25-24(27(34)31-28(32)35)22(14-23(30-25)18(2)3)26(33)29-15-20-11-8-12-21(13-20)17-36-16-19-9-6-5-7-10-19/h5-14,18H,4,15-17H2,1-3H3,(H,29,33)(H,31,34,35). The zero-order chi connectivity index (χ0) is 25.7.